The van der Waals surface area contributed by atoms with Crippen LogP contribution in [0.5, 0.6) is 0 Å². The summed E-state index contributed by atoms with van der Waals surface area (Å²) >= 11 is 0. The molecule has 0 fully saturated rings. The van der Waals surface area contributed by atoms with Crippen molar-refractivity contribution in [3.8, 4) is 0 Å². The average Bonchev–Trinajstić information content (AvgIpc) is 2.13. The van der Waals surface area contributed by atoms with Crippen LogP contribution in [0.4, 0.5) is 0 Å². The van der Waals surface area contributed by atoms with Crippen LogP contribution in [0.2, 0.25) is 0 Å². The summed E-state index contributed by atoms with van der Waals surface area (Å²) in [4.78, 5) is 25.3. The van der Waals surface area contributed by atoms with Crippen LogP contribution < -0.4 is 22.5 Å². The highest BCUT2D eigenvalue weighted by atomic mass is 16.2. The van der Waals surface area contributed by atoms with Crippen molar-refractivity contribution in [2.75, 3.05) is 13.1 Å². The number of nitrogens with zero attached hydrogens (tertiary/aromatic N) is 1. The van der Waals surface area contributed by atoms with E-state index in [1.807, 2.05) is 0 Å². The highest BCUT2D eigenvalue weighted by molar-refractivity contribution is 6.06. The second kappa shape index (κ2) is 5.92. The van der Waals surface area contributed by atoms with E-state index in [1.54, 1.807) is 6.92 Å². The van der Waals surface area contributed by atoms with Crippen molar-refractivity contribution in [2.45, 2.75) is 13.0 Å². The molecule has 0 aromatic heterocycles. The van der Waals surface area contributed by atoms with Crippen molar-refractivity contribution >= 4 is 17.6 Å². The van der Waals surface area contributed by atoms with Gasteiger partial charge in [0.05, 0.1) is 6.54 Å². The van der Waals surface area contributed by atoms with E-state index in [-0.39, 0.29) is 12.4 Å². The molecule has 0 spiro atoms. The number of aliphatic imine (C=N–C) groups is 1. The molecule has 0 rings (SSSR count). The van der Waals surface area contributed by atoms with E-state index in [4.69, 9.17) is 17.2 Å². The monoisotopic (exact) mass is 201 g/mol. The third-order valence-electron chi connectivity index (χ3n) is 1.38. The molecule has 0 aliphatic carbocycles. The first kappa shape index (κ1) is 12.4. The van der Waals surface area contributed by atoms with Gasteiger partial charge in [-0.15, -0.1) is 0 Å². The normalized spacial score (nSPS) is 13.4. The van der Waals surface area contributed by atoms with E-state index in [0.29, 0.717) is 6.54 Å². The minimum absolute atomic E-state index is 0.0365. The fourth-order valence-electron chi connectivity index (χ4n) is 0.699. The Morgan fingerprint density at radius 1 is 1.43 bits per heavy atom. The van der Waals surface area contributed by atoms with Gasteiger partial charge in [0.2, 0.25) is 11.8 Å². The Morgan fingerprint density at radius 3 is 2.43 bits per heavy atom. The van der Waals surface area contributed by atoms with Crippen LogP contribution in [-0.4, -0.2) is 36.8 Å². The van der Waals surface area contributed by atoms with Gasteiger partial charge in [-0.3, -0.25) is 14.6 Å². The summed E-state index contributed by atoms with van der Waals surface area (Å²) in [5.41, 5.74) is 15.6. The van der Waals surface area contributed by atoms with Crippen LogP contribution in [0.1, 0.15) is 6.92 Å². The fraction of sp³-hybridized carbons (Fsp3) is 0.571. The first-order valence-corrected chi connectivity index (χ1v) is 4.10. The van der Waals surface area contributed by atoms with Gasteiger partial charge in [0, 0.05) is 6.54 Å². The SMILES string of the molecule is CCN=C(N)C(N)C(=O)NCC(N)=O. The first-order valence-electron chi connectivity index (χ1n) is 4.10. The summed E-state index contributed by atoms with van der Waals surface area (Å²) in [6.07, 6.45) is 0. The van der Waals surface area contributed by atoms with E-state index >= 15 is 0 Å². The van der Waals surface area contributed by atoms with Gasteiger partial charge in [-0.05, 0) is 6.92 Å². The van der Waals surface area contributed by atoms with E-state index in [1.165, 1.54) is 0 Å². The zero-order valence-corrected chi connectivity index (χ0v) is 7.99. The van der Waals surface area contributed by atoms with Crippen molar-refractivity contribution in [1.82, 2.24) is 5.32 Å². The molecule has 7 heteroatoms. The maximum Gasteiger partial charge on any atom is 0.245 e. The van der Waals surface area contributed by atoms with E-state index in [0.717, 1.165) is 0 Å². The summed E-state index contributed by atoms with van der Waals surface area (Å²) in [5.74, 6) is -1.18. The van der Waals surface area contributed by atoms with Crippen LogP contribution in [-0.2, 0) is 9.59 Å². The summed E-state index contributed by atoms with van der Waals surface area (Å²) in [5, 5.41) is 2.22. The molecular formula is C7H15N5O2. The Balaban J connectivity index is 4.12. The smallest absolute Gasteiger partial charge is 0.245 e. The molecule has 2 amide bonds. The number of rotatable bonds is 5. The van der Waals surface area contributed by atoms with Gasteiger partial charge in [-0.2, -0.15) is 0 Å². The molecular weight excluding hydrogens is 186 g/mol. The maximum atomic E-state index is 11.2. The molecule has 0 aliphatic heterocycles. The van der Waals surface area contributed by atoms with Crippen molar-refractivity contribution in [2.24, 2.45) is 22.2 Å². The summed E-state index contributed by atoms with van der Waals surface area (Å²) in [6, 6.07) is -1.03. The topological polar surface area (TPSA) is 137 Å². The minimum Gasteiger partial charge on any atom is -0.386 e. The zero-order valence-electron chi connectivity index (χ0n) is 7.99. The molecule has 0 aliphatic rings. The quantitative estimate of drug-likeness (QED) is 0.284. The van der Waals surface area contributed by atoms with Crippen LogP contribution in [0.15, 0.2) is 4.99 Å². The molecule has 0 saturated carbocycles. The number of nitrogens with two attached hydrogens (primary N) is 3. The van der Waals surface area contributed by atoms with E-state index in [2.05, 4.69) is 10.3 Å². The Hall–Kier alpha value is -1.63. The highest BCUT2D eigenvalue weighted by Gasteiger charge is 2.16. The van der Waals surface area contributed by atoms with Crippen molar-refractivity contribution in [3.05, 3.63) is 0 Å². The van der Waals surface area contributed by atoms with Crippen LogP contribution in [0.25, 0.3) is 0 Å². The number of hydrogen-bond donors (Lipinski definition) is 4. The second-order valence-corrected chi connectivity index (χ2v) is 2.56. The molecule has 14 heavy (non-hydrogen) atoms. The van der Waals surface area contributed by atoms with Crippen LogP contribution in [0.3, 0.4) is 0 Å². The van der Waals surface area contributed by atoms with Crippen molar-refractivity contribution in [3.63, 3.8) is 0 Å². The second-order valence-electron chi connectivity index (χ2n) is 2.56. The Kier molecular flexibility index (Phi) is 5.23. The third kappa shape index (κ3) is 4.41. The highest BCUT2D eigenvalue weighted by Crippen LogP contribution is 1.81. The number of nitrogens with one attached hydrogen (secondary N) is 1. The number of amides is 2. The fourth-order valence-corrected chi connectivity index (χ4v) is 0.699. The Morgan fingerprint density at radius 2 is 2.00 bits per heavy atom. The van der Waals surface area contributed by atoms with Crippen molar-refractivity contribution in [1.29, 1.82) is 0 Å². The molecule has 80 valence electrons. The molecule has 0 radical (unpaired) electrons. The maximum absolute atomic E-state index is 11.2. The number of carbonyl (C=O) groups is 2. The van der Waals surface area contributed by atoms with Gasteiger partial charge in [0.15, 0.2) is 0 Å². The van der Waals surface area contributed by atoms with Gasteiger partial charge in [-0.25, -0.2) is 0 Å². The van der Waals surface area contributed by atoms with Gasteiger partial charge >= 0.3 is 0 Å². The predicted octanol–water partition coefficient (Wildman–Crippen LogP) is -2.71. The molecule has 0 aromatic carbocycles. The lowest BCUT2D eigenvalue weighted by atomic mass is 10.2. The lowest BCUT2D eigenvalue weighted by Gasteiger charge is -2.10. The Bertz CT molecular complexity index is 250. The predicted molar refractivity (Wildman–Crippen MR) is 52.3 cm³/mol. The van der Waals surface area contributed by atoms with E-state index < -0.39 is 17.9 Å². The molecule has 1 atom stereocenters. The summed E-state index contributed by atoms with van der Waals surface area (Å²) in [7, 11) is 0. The van der Waals surface area contributed by atoms with Crippen LogP contribution in [0, 0.1) is 0 Å². The number of carbonyl (C=O) groups excluding carboxylic acids is 2. The van der Waals surface area contributed by atoms with Crippen LogP contribution >= 0.6 is 0 Å². The molecule has 1 unspecified atom stereocenters. The third-order valence-corrected chi connectivity index (χ3v) is 1.38. The minimum atomic E-state index is -1.03. The van der Waals surface area contributed by atoms with Crippen molar-refractivity contribution < 1.29 is 9.59 Å². The first-order chi connectivity index (χ1) is 6.49. The number of amidine groups is 1. The molecule has 0 heterocycles. The molecule has 0 bridgehead atoms. The van der Waals surface area contributed by atoms with Gasteiger partial charge < -0.3 is 22.5 Å². The number of primary amides is 1. The summed E-state index contributed by atoms with van der Waals surface area (Å²) < 4.78 is 0. The Labute approximate surface area is 81.7 Å². The standard InChI is InChI=1S/C7H15N5O2/c1-2-11-6(10)5(9)7(14)12-3-4(8)13/h5H,2-3,9H2,1H3,(H2,8,13)(H2,10,11)(H,12,14). The van der Waals surface area contributed by atoms with Gasteiger partial charge in [0.1, 0.15) is 11.9 Å². The molecule has 0 saturated heterocycles. The molecule has 7 N–H and O–H groups in total. The van der Waals surface area contributed by atoms with Gasteiger partial charge in [-0.1, -0.05) is 0 Å². The largest absolute Gasteiger partial charge is 0.386 e. The zero-order chi connectivity index (χ0) is 11.1. The van der Waals surface area contributed by atoms with E-state index in [9.17, 15) is 9.59 Å². The summed E-state index contributed by atoms with van der Waals surface area (Å²) in [6.45, 7) is 1.95. The number of hydrogen-bond acceptors (Lipinski definition) is 4. The van der Waals surface area contributed by atoms with Gasteiger partial charge in [0.25, 0.3) is 0 Å². The lowest BCUT2D eigenvalue weighted by Crippen LogP contribution is -2.50. The lowest BCUT2D eigenvalue weighted by molar-refractivity contribution is -0.124. The molecule has 7 nitrogen and oxygen atoms in total. The average molecular weight is 201 g/mol. The molecule has 0 aromatic rings.